The maximum atomic E-state index is 14.8. The topological polar surface area (TPSA) is 17.1 Å². The van der Waals surface area contributed by atoms with E-state index in [1.807, 2.05) is 12.1 Å². The second kappa shape index (κ2) is 8.77. The van der Waals surface area contributed by atoms with Crippen molar-refractivity contribution in [3.05, 3.63) is 58.2 Å². The Labute approximate surface area is 160 Å². The molecular weight excluding hydrogens is 342 g/mol. The molecule has 144 valence electrons. The molecule has 0 spiro atoms. The van der Waals surface area contributed by atoms with Crippen LogP contribution in [0.5, 0.6) is 0 Å². The van der Waals surface area contributed by atoms with Crippen molar-refractivity contribution in [2.75, 3.05) is 0 Å². The van der Waals surface area contributed by atoms with Gasteiger partial charge >= 0.3 is 0 Å². The highest BCUT2D eigenvalue weighted by Gasteiger charge is 2.28. The van der Waals surface area contributed by atoms with Crippen LogP contribution in [0.2, 0.25) is 0 Å². The largest absolute Gasteiger partial charge is 0.298 e. The molecule has 2 aromatic carbocycles. The first kappa shape index (κ1) is 19.7. The zero-order valence-electron chi connectivity index (χ0n) is 16.3. The van der Waals surface area contributed by atoms with Crippen LogP contribution in [0.4, 0.5) is 8.78 Å². The minimum absolute atomic E-state index is 0.214. The van der Waals surface area contributed by atoms with Crippen LogP contribution in [0, 0.1) is 17.6 Å². The van der Waals surface area contributed by atoms with Crippen LogP contribution in [0.25, 0.3) is 11.1 Å². The molecule has 1 aliphatic rings. The lowest BCUT2D eigenvalue weighted by atomic mass is 9.93. The Balaban J connectivity index is 1.96. The van der Waals surface area contributed by atoms with Gasteiger partial charge in [-0.3, -0.25) is 4.79 Å². The molecule has 0 radical (unpaired) electrons. The number of hydrogen-bond donors (Lipinski definition) is 0. The van der Waals surface area contributed by atoms with Crippen molar-refractivity contribution in [2.24, 2.45) is 5.92 Å². The number of unbranched alkanes of at least 4 members (excludes halogenated alkanes) is 2. The van der Waals surface area contributed by atoms with Gasteiger partial charge in [0.25, 0.3) is 0 Å². The van der Waals surface area contributed by atoms with E-state index in [4.69, 9.17) is 0 Å². The molecule has 0 heterocycles. The van der Waals surface area contributed by atoms with Crippen LogP contribution in [0.15, 0.2) is 24.3 Å². The molecule has 2 aromatic rings. The van der Waals surface area contributed by atoms with Crippen LogP contribution >= 0.6 is 0 Å². The smallest absolute Gasteiger partial charge is 0.166 e. The van der Waals surface area contributed by atoms with Crippen molar-refractivity contribution in [1.29, 1.82) is 0 Å². The molecule has 0 bridgehead atoms. The first-order valence-corrected chi connectivity index (χ1v) is 10.2. The zero-order chi connectivity index (χ0) is 19.4. The second-order valence-corrected chi connectivity index (χ2v) is 7.75. The van der Waals surface area contributed by atoms with Crippen LogP contribution in [-0.2, 0) is 19.3 Å². The molecule has 0 fully saturated rings. The van der Waals surface area contributed by atoms with Crippen LogP contribution in [-0.4, -0.2) is 6.29 Å². The summed E-state index contributed by atoms with van der Waals surface area (Å²) in [6, 6.07) is 7.29. The molecule has 3 heteroatoms. The molecule has 0 amide bonds. The van der Waals surface area contributed by atoms with Crippen molar-refractivity contribution in [2.45, 2.75) is 65.2 Å². The number of hydrogen-bond acceptors (Lipinski definition) is 1. The highest BCUT2D eigenvalue weighted by molar-refractivity contribution is 5.88. The Hall–Kier alpha value is -2.03. The molecule has 1 nitrogen and oxygen atoms in total. The lowest BCUT2D eigenvalue weighted by Crippen LogP contribution is -2.00. The fourth-order valence-corrected chi connectivity index (χ4v) is 4.29. The average molecular weight is 370 g/mol. The van der Waals surface area contributed by atoms with Gasteiger partial charge in [-0.25, -0.2) is 8.78 Å². The highest BCUT2D eigenvalue weighted by Crippen LogP contribution is 2.38. The maximum absolute atomic E-state index is 14.8. The predicted octanol–water partition coefficient (Wildman–Crippen LogP) is 6.69. The number of halogens is 2. The van der Waals surface area contributed by atoms with Gasteiger partial charge in [-0.2, -0.15) is 0 Å². The third-order valence-electron chi connectivity index (χ3n) is 5.70. The molecule has 1 aliphatic carbocycles. The van der Waals surface area contributed by atoms with E-state index in [1.165, 1.54) is 0 Å². The first-order chi connectivity index (χ1) is 13.1. The van der Waals surface area contributed by atoms with Crippen molar-refractivity contribution < 1.29 is 13.6 Å². The Morgan fingerprint density at radius 2 is 1.81 bits per heavy atom. The summed E-state index contributed by atoms with van der Waals surface area (Å²) < 4.78 is 29.5. The summed E-state index contributed by atoms with van der Waals surface area (Å²) in [6.07, 6.45) is 8.47. The van der Waals surface area contributed by atoms with Gasteiger partial charge < -0.3 is 0 Å². The van der Waals surface area contributed by atoms with E-state index in [0.29, 0.717) is 29.0 Å². The molecule has 1 unspecified atom stereocenters. The van der Waals surface area contributed by atoms with Gasteiger partial charge in [0.1, 0.15) is 0 Å². The first-order valence-electron chi connectivity index (χ1n) is 10.2. The van der Waals surface area contributed by atoms with E-state index in [1.54, 1.807) is 12.1 Å². The lowest BCUT2D eigenvalue weighted by molar-refractivity contribution is 0.112. The summed E-state index contributed by atoms with van der Waals surface area (Å²) in [5.74, 6) is -1.17. The van der Waals surface area contributed by atoms with E-state index in [9.17, 15) is 13.6 Å². The van der Waals surface area contributed by atoms with E-state index in [2.05, 4.69) is 13.8 Å². The SMILES string of the molecule is CCCCCc1ccc(-c2cc3c(c(F)c2F)CC(CCC)C3)c(C=O)c1. The summed E-state index contributed by atoms with van der Waals surface area (Å²) in [7, 11) is 0. The van der Waals surface area contributed by atoms with Gasteiger partial charge in [-0.05, 0) is 66.0 Å². The van der Waals surface area contributed by atoms with Crippen LogP contribution in [0.3, 0.4) is 0 Å². The number of carbonyl (C=O) groups is 1. The van der Waals surface area contributed by atoms with Crippen molar-refractivity contribution >= 4 is 6.29 Å². The quantitative estimate of drug-likeness (QED) is 0.374. The molecule has 27 heavy (non-hydrogen) atoms. The van der Waals surface area contributed by atoms with Crippen LogP contribution < -0.4 is 0 Å². The normalized spacial score (nSPS) is 15.8. The van der Waals surface area contributed by atoms with E-state index >= 15 is 0 Å². The lowest BCUT2D eigenvalue weighted by Gasteiger charge is -2.12. The maximum Gasteiger partial charge on any atom is 0.166 e. The Morgan fingerprint density at radius 3 is 2.52 bits per heavy atom. The third-order valence-corrected chi connectivity index (χ3v) is 5.70. The number of aldehydes is 1. The Kier molecular flexibility index (Phi) is 6.41. The monoisotopic (exact) mass is 370 g/mol. The highest BCUT2D eigenvalue weighted by atomic mass is 19.2. The standard InChI is InChI=1S/C24H28F2O/c1-3-5-6-8-16-9-10-20(19(11-16)15-27)22-14-18-12-17(7-4-2)13-21(18)23(25)24(22)26/h9-11,14-15,17H,3-8,12-13H2,1-2H3. The van der Waals surface area contributed by atoms with Gasteiger partial charge in [0, 0.05) is 11.1 Å². The van der Waals surface area contributed by atoms with Crippen molar-refractivity contribution in [3.63, 3.8) is 0 Å². The number of benzene rings is 2. The Morgan fingerprint density at radius 1 is 1.00 bits per heavy atom. The molecule has 0 aromatic heterocycles. The molecule has 1 atom stereocenters. The Bertz CT molecular complexity index is 826. The van der Waals surface area contributed by atoms with Gasteiger partial charge in [0.05, 0.1) is 0 Å². The van der Waals surface area contributed by atoms with Crippen molar-refractivity contribution in [3.8, 4) is 11.1 Å². The minimum Gasteiger partial charge on any atom is -0.298 e. The summed E-state index contributed by atoms with van der Waals surface area (Å²) in [4.78, 5) is 11.6. The third kappa shape index (κ3) is 4.12. The zero-order valence-corrected chi connectivity index (χ0v) is 16.3. The van der Waals surface area contributed by atoms with Gasteiger partial charge in [0.2, 0.25) is 0 Å². The van der Waals surface area contributed by atoms with Crippen LogP contribution in [0.1, 0.15) is 73.0 Å². The van der Waals surface area contributed by atoms with Gasteiger partial charge in [0.15, 0.2) is 17.9 Å². The average Bonchev–Trinajstić information content (AvgIpc) is 3.08. The van der Waals surface area contributed by atoms with Crippen molar-refractivity contribution in [1.82, 2.24) is 0 Å². The predicted molar refractivity (Wildman–Crippen MR) is 106 cm³/mol. The minimum atomic E-state index is -0.826. The molecule has 0 saturated carbocycles. The molecule has 0 saturated heterocycles. The summed E-state index contributed by atoms with van der Waals surface area (Å²) in [5, 5.41) is 0. The second-order valence-electron chi connectivity index (χ2n) is 7.75. The summed E-state index contributed by atoms with van der Waals surface area (Å²) >= 11 is 0. The molecule has 3 rings (SSSR count). The van der Waals surface area contributed by atoms with E-state index in [0.717, 1.165) is 62.4 Å². The molecular formula is C24H28F2O. The van der Waals surface area contributed by atoms with Gasteiger partial charge in [-0.1, -0.05) is 51.7 Å². The molecule has 0 aliphatic heterocycles. The fourth-order valence-electron chi connectivity index (χ4n) is 4.29. The number of rotatable bonds is 8. The van der Waals surface area contributed by atoms with Gasteiger partial charge in [-0.15, -0.1) is 0 Å². The number of fused-ring (bicyclic) bond motifs is 1. The summed E-state index contributed by atoms with van der Waals surface area (Å²) in [6.45, 7) is 4.26. The van der Waals surface area contributed by atoms with E-state index in [-0.39, 0.29) is 5.56 Å². The number of aryl methyl sites for hydroxylation is 1. The van der Waals surface area contributed by atoms with E-state index < -0.39 is 11.6 Å². The number of carbonyl (C=O) groups excluding carboxylic acids is 1. The summed E-state index contributed by atoms with van der Waals surface area (Å²) in [5.41, 5.74) is 3.63. The fraction of sp³-hybridized carbons (Fsp3) is 0.458. The molecule has 0 N–H and O–H groups in total.